The molecule has 0 amide bonds. The van der Waals surface area contributed by atoms with E-state index in [2.05, 4.69) is 94.1 Å². The molecule has 0 atom stereocenters. The smallest absolute Gasteiger partial charge is 0.260 e. The van der Waals surface area contributed by atoms with Crippen molar-refractivity contribution in [1.29, 1.82) is 0 Å². The van der Waals surface area contributed by atoms with Gasteiger partial charge in [-0.2, -0.15) is 0 Å². The van der Waals surface area contributed by atoms with Crippen molar-refractivity contribution in [1.82, 2.24) is 19.1 Å². The van der Waals surface area contributed by atoms with Crippen molar-refractivity contribution in [2.24, 2.45) is 0 Å². The van der Waals surface area contributed by atoms with E-state index in [0.29, 0.717) is 11.6 Å². The van der Waals surface area contributed by atoms with Crippen LogP contribution in [0.25, 0.3) is 45.1 Å². The van der Waals surface area contributed by atoms with Crippen molar-refractivity contribution in [3.8, 4) is 69.0 Å². The lowest BCUT2D eigenvalue weighted by molar-refractivity contribution is 0.463. The lowest BCUT2D eigenvalue weighted by Gasteiger charge is -2.33. The minimum Gasteiger partial charge on any atom is -0.458 e. The van der Waals surface area contributed by atoms with E-state index in [1.807, 2.05) is 84.9 Å². The van der Waals surface area contributed by atoms with Crippen LogP contribution in [0.4, 0.5) is 0 Å². The average molecular weight is 770 g/mol. The predicted octanol–water partition coefficient (Wildman–Crippen LogP) is 7.49. The number of aromatic nitrogens is 4. The number of nitrogens with zero attached hydrogens (tertiary/aromatic N) is 4. The van der Waals surface area contributed by atoms with Gasteiger partial charge in [-0.25, -0.2) is 9.97 Å². The molecule has 4 aliphatic heterocycles. The molecule has 0 aliphatic carbocycles. The van der Waals surface area contributed by atoms with Crippen LogP contribution in [0.2, 0.25) is 0 Å². The normalized spacial score (nSPS) is 13.5. The fraction of sp³-hybridized carbons (Fsp3) is 0. The molecule has 0 unspecified atom stereocenters. The first kappa shape index (κ1) is 32.0. The van der Waals surface area contributed by atoms with Gasteiger partial charge in [0.25, 0.3) is 13.4 Å². The largest absolute Gasteiger partial charge is 0.458 e. The molecular formula is C50H28B2N4O4. The number of hydrogen-bond acceptors (Lipinski definition) is 6. The van der Waals surface area contributed by atoms with Gasteiger partial charge >= 0.3 is 0 Å². The molecule has 10 heteroatoms. The summed E-state index contributed by atoms with van der Waals surface area (Å²) in [6.07, 6.45) is 0. The molecule has 0 saturated heterocycles. The maximum absolute atomic E-state index is 6.76. The third kappa shape index (κ3) is 4.36. The fourth-order valence-corrected chi connectivity index (χ4v) is 9.89. The minimum atomic E-state index is -0.0323. The van der Waals surface area contributed by atoms with Gasteiger partial charge in [0.05, 0.1) is 33.4 Å². The number of imidazole rings is 2. The second-order valence-corrected chi connectivity index (χ2v) is 15.7. The summed E-state index contributed by atoms with van der Waals surface area (Å²) >= 11 is 0. The molecule has 8 nitrogen and oxygen atoms in total. The predicted molar refractivity (Wildman–Crippen MR) is 237 cm³/mol. The zero-order valence-electron chi connectivity index (χ0n) is 31.7. The highest BCUT2D eigenvalue weighted by Crippen LogP contribution is 2.42. The Bertz CT molecular complexity index is 3130. The van der Waals surface area contributed by atoms with E-state index in [0.717, 1.165) is 112 Å². The molecule has 6 heterocycles. The van der Waals surface area contributed by atoms with Gasteiger partial charge in [-0.05, 0) is 70.4 Å². The van der Waals surface area contributed by atoms with Gasteiger partial charge in [0.1, 0.15) is 46.0 Å². The summed E-state index contributed by atoms with van der Waals surface area (Å²) in [7, 11) is 0. The molecule has 0 bridgehead atoms. The molecule has 14 rings (SSSR count). The molecule has 0 fully saturated rings. The third-order valence-electron chi connectivity index (χ3n) is 12.4. The molecule has 8 aromatic carbocycles. The fourth-order valence-electron chi connectivity index (χ4n) is 9.89. The molecule has 10 aromatic rings. The third-order valence-corrected chi connectivity index (χ3v) is 12.4. The lowest BCUT2D eigenvalue weighted by atomic mass is 9.35. The van der Waals surface area contributed by atoms with Gasteiger partial charge < -0.3 is 18.9 Å². The van der Waals surface area contributed by atoms with E-state index in [1.165, 1.54) is 0 Å². The van der Waals surface area contributed by atoms with Crippen molar-refractivity contribution in [2.75, 3.05) is 0 Å². The van der Waals surface area contributed by atoms with Gasteiger partial charge in [-0.1, -0.05) is 97.1 Å². The maximum Gasteiger partial charge on any atom is 0.260 e. The molecule has 2 aromatic heterocycles. The van der Waals surface area contributed by atoms with Crippen LogP contribution < -0.4 is 51.7 Å². The summed E-state index contributed by atoms with van der Waals surface area (Å²) in [4.78, 5) is 10.7. The molecule has 278 valence electrons. The number of benzene rings is 8. The van der Waals surface area contributed by atoms with Crippen molar-refractivity contribution in [2.45, 2.75) is 0 Å². The highest BCUT2D eigenvalue weighted by atomic mass is 16.5. The number of ether oxygens (including phenoxy) is 4. The number of fused-ring (bicyclic) bond motifs is 10. The summed E-state index contributed by atoms with van der Waals surface area (Å²) in [5.74, 6) is 7.64. The molecule has 0 spiro atoms. The van der Waals surface area contributed by atoms with Crippen LogP contribution in [0.3, 0.4) is 0 Å². The second kappa shape index (κ2) is 11.8. The first-order chi connectivity index (χ1) is 29.7. The molecular weight excluding hydrogens is 742 g/mol. The van der Waals surface area contributed by atoms with E-state index < -0.39 is 0 Å². The summed E-state index contributed by atoms with van der Waals surface area (Å²) < 4.78 is 31.4. The van der Waals surface area contributed by atoms with Crippen molar-refractivity contribution < 1.29 is 18.9 Å². The zero-order chi connectivity index (χ0) is 39.1. The first-order valence-corrected chi connectivity index (χ1v) is 20.1. The van der Waals surface area contributed by atoms with Gasteiger partial charge in [0.2, 0.25) is 0 Å². The van der Waals surface area contributed by atoms with E-state index in [4.69, 9.17) is 28.9 Å². The Kier molecular flexibility index (Phi) is 6.30. The molecule has 0 N–H and O–H groups in total. The topological polar surface area (TPSA) is 72.6 Å². The van der Waals surface area contributed by atoms with Crippen LogP contribution in [0.5, 0.6) is 46.0 Å². The van der Waals surface area contributed by atoms with Crippen LogP contribution >= 0.6 is 0 Å². The summed E-state index contributed by atoms with van der Waals surface area (Å²) in [5, 5.41) is 0. The number of rotatable bonds is 3. The molecule has 0 radical (unpaired) electrons. The van der Waals surface area contributed by atoms with Gasteiger partial charge in [-0.15, -0.1) is 0 Å². The van der Waals surface area contributed by atoms with Crippen molar-refractivity contribution in [3.63, 3.8) is 0 Å². The van der Waals surface area contributed by atoms with Crippen LogP contribution in [0.1, 0.15) is 0 Å². The maximum atomic E-state index is 6.76. The Morgan fingerprint density at radius 1 is 0.333 bits per heavy atom. The Balaban J connectivity index is 1.01. The highest BCUT2D eigenvalue weighted by molar-refractivity contribution is 6.99. The van der Waals surface area contributed by atoms with Crippen molar-refractivity contribution in [3.05, 3.63) is 170 Å². The average Bonchev–Trinajstić information content (AvgIpc) is 3.88. The Labute approximate surface area is 344 Å². The first-order valence-electron chi connectivity index (χ1n) is 20.1. The minimum absolute atomic E-state index is 0.0323. The lowest BCUT2D eigenvalue weighted by Crippen LogP contribution is -2.57. The highest BCUT2D eigenvalue weighted by Gasteiger charge is 2.42. The number of hydrogen-bond donors (Lipinski definition) is 0. The SMILES string of the molecule is c1ccc2c(c1)Oc1cc(-n3c(-c4nc5ccccc5n4-c4cc5c6c(c4)Oc4ccccc4B6c4ccccc4O5)nc4ccccc43)cc3c1B2c1ccccc1O3. The second-order valence-electron chi connectivity index (χ2n) is 15.7. The molecule has 4 aliphatic rings. The van der Waals surface area contributed by atoms with Gasteiger partial charge in [0.15, 0.2) is 11.6 Å². The summed E-state index contributed by atoms with van der Waals surface area (Å²) in [5.41, 5.74) is 11.7. The monoisotopic (exact) mass is 770 g/mol. The summed E-state index contributed by atoms with van der Waals surface area (Å²) in [6.45, 7) is -0.0645. The Hall–Kier alpha value is -7.97. The standard InChI is InChI=1S/C50H28B2N4O4/c1-9-21-39-31(13-1)51-32-14-2-10-22-40(32)58-44-26-29(25-43(57-39)47(44)51)55-37-19-7-5-17-35(37)53-49(55)50-54-36-18-6-8-20-38(36)56(50)30-27-45-48-46(28-30)60-42-24-12-4-16-34(42)52(48)33-15-3-11-23-41(33)59-45/h1-28H. The quantitative estimate of drug-likeness (QED) is 0.174. The van der Waals surface area contributed by atoms with E-state index in [1.54, 1.807) is 0 Å². The van der Waals surface area contributed by atoms with Crippen LogP contribution in [-0.2, 0) is 0 Å². The Morgan fingerprint density at radius 3 is 0.983 bits per heavy atom. The van der Waals surface area contributed by atoms with E-state index in [9.17, 15) is 0 Å². The summed E-state index contributed by atoms with van der Waals surface area (Å²) in [6, 6.07) is 58.0. The van der Waals surface area contributed by atoms with Gasteiger partial charge in [0, 0.05) is 35.2 Å². The van der Waals surface area contributed by atoms with Crippen molar-refractivity contribution >= 4 is 68.3 Å². The van der Waals surface area contributed by atoms with E-state index >= 15 is 0 Å². The van der Waals surface area contributed by atoms with Crippen LogP contribution in [0.15, 0.2) is 170 Å². The zero-order valence-corrected chi connectivity index (χ0v) is 31.7. The number of para-hydroxylation sites is 8. The molecule has 0 saturated carbocycles. The Morgan fingerprint density at radius 2 is 0.633 bits per heavy atom. The van der Waals surface area contributed by atoms with E-state index in [-0.39, 0.29) is 13.4 Å². The van der Waals surface area contributed by atoms with Crippen LogP contribution in [0, 0.1) is 0 Å². The van der Waals surface area contributed by atoms with Gasteiger partial charge in [-0.3, -0.25) is 9.13 Å². The van der Waals surface area contributed by atoms with Crippen LogP contribution in [-0.4, -0.2) is 32.5 Å². The molecule has 60 heavy (non-hydrogen) atoms.